The molecule has 3 heteroatoms. The van der Waals surface area contributed by atoms with Crippen molar-refractivity contribution in [3.8, 4) is 0 Å². The van der Waals surface area contributed by atoms with Gasteiger partial charge in [0.1, 0.15) is 0 Å². The van der Waals surface area contributed by atoms with E-state index in [0.717, 1.165) is 9.81 Å². The molecule has 0 heterocycles. The van der Waals surface area contributed by atoms with E-state index in [9.17, 15) is 0 Å². The molecule has 0 aliphatic rings. The van der Waals surface area contributed by atoms with E-state index in [1.54, 1.807) is 0 Å². The third-order valence-electron chi connectivity index (χ3n) is 2.80. The molecule has 92 valence electrons. The molecule has 2 nitrogen and oxygen atoms in total. The summed E-state index contributed by atoms with van der Waals surface area (Å²) in [5, 5.41) is 1.16. The average molecular weight is 280 g/mol. The molecule has 0 fully saturated rings. The normalized spacial score (nSPS) is 12.4. The molecule has 0 aromatic heterocycles. The second-order valence-electron chi connectivity index (χ2n) is 5.29. The van der Waals surface area contributed by atoms with Crippen molar-refractivity contribution in [1.29, 1.82) is 0 Å². The molecule has 15 heavy (non-hydrogen) atoms. The van der Waals surface area contributed by atoms with Crippen LogP contribution in [0.15, 0.2) is 0 Å². The van der Waals surface area contributed by atoms with Crippen LogP contribution in [0, 0.1) is 0 Å². The molecule has 0 spiro atoms. The summed E-state index contributed by atoms with van der Waals surface area (Å²) >= 11 is 3.47. The van der Waals surface area contributed by atoms with E-state index in [4.69, 9.17) is 0 Å². The average Bonchev–Trinajstić information content (AvgIpc) is 2.15. The molecular weight excluding hydrogens is 252 g/mol. The van der Waals surface area contributed by atoms with Crippen molar-refractivity contribution in [2.24, 2.45) is 0 Å². The van der Waals surface area contributed by atoms with Gasteiger partial charge in [0.2, 0.25) is 0 Å². The Balaban J connectivity index is 3.46. The van der Waals surface area contributed by atoms with Crippen molar-refractivity contribution < 1.29 is 4.48 Å². The molecule has 0 rings (SSSR count). The van der Waals surface area contributed by atoms with Gasteiger partial charge in [-0.3, -0.25) is 0 Å². The summed E-state index contributed by atoms with van der Waals surface area (Å²) in [6.07, 6.45) is 5.45. The van der Waals surface area contributed by atoms with Crippen LogP contribution < -0.4 is 0 Å². The Labute approximate surface area is 104 Å². The fraction of sp³-hybridized carbons (Fsp3) is 1.00. The highest BCUT2D eigenvalue weighted by atomic mass is 79.9. The molecule has 0 N–H and O–H groups in total. The molecule has 0 aromatic rings. The second-order valence-corrected chi connectivity index (χ2v) is 6.08. The highest BCUT2D eigenvalue weighted by Gasteiger charge is 2.13. The van der Waals surface area contributed by atoms with Gasteiger partial charge in [-0.05, 0) is 33.4 Å². The molecule has 0 atom stereocenters. The predicted octanol–water partition coefficient (Wildman–Crippen LogP) is 2.58. The molecule has 0 amide bonds. The maximum atomic E-state index is 3.47. The lowest BCUT2D eigenvalue weighted by molar-refractivity contribution is -0.890. The van der Waals surface area contributed by atoms with Crippen LogP contribution in [-0.2, 0) is 0 Å². The van der Waals surface area contributed by atoms with Crippen LogP contribution in [0.1, 0.15) is 25.7 Å². The van der Waals surface area contributed by atoms with Crippen LogP contribution in [0.4, 0.5) is 0 Å². The molecule has 0 saturated heterocycles. The van der Waals surface area contributed by atoms with Crippen LogP contribution in [-0.4, -0.2) is 62.5 Å². The summed E-state index contributed by atoms with van der Waals surface area (Å²) in [6.45, 7) is 3.76. The Morgan fingerprint density at radius 1 is 0.933 bits per heavy atom. The molecule has 0 unspecified atom stereocenters. The number of alkyl halides is 1. The smallest absolute Gasteiger partial charge is 0.0911 e. The van der Waals surface area contributed by atoms with Gasteiger partial charge in [0.25, 0.3) is 0 Å². The number of quaternary nitrogens is 1. The number of hydrogen-bond donors (Lipinski definition) is 0. The Morgan fingerprint density at radius 2 is 1.53 bits per heavy atom. The lowest BCUT2D eigenvalue weighted by Gasteiger charge is -2.31. The van der Waals surface area contributed by atoms with Gasteiger partial charge in [0, 0.05) is 11.9 Å². The number of hydrogen-bond acceptors (Lipinski definition) is 1. The lowest BCUT2D eigenvalue weighted by atomic mass is 10.2. The topological polar surface area (TPSA) is 3.24 Å². The van der Waals surface area contributed by atoms with Crippen molar-refractivity contribution in [2.45, 2.75) is 25.7 Å². The Hall–Kier alpha value is 0.400. The second kappa shape index (κ2) is 8.54. The van der Waals surface area contributed by atoms with Crippen molar-refractivity contribution in [3.63, 3.8) is 0 Å². The molecule has 0 aromatic carbocycles. The minimum atomic E-state index is 1.16. The van der Waals surface area contributed by atoms with Crippen molar-refractivity contribution in [3.05, 3.63) is 0 Å². The Morgan fingerprint density at radius 3 is 2.07 bits per heavy atom. The minimum absolute atomic E-state index is 1.16. The third-order valence-corrected chi connectivity index (χ3v) is 3.36. The number of rotatable bonds is 9. The Bertz CT molecular complexity index is 147. The largest absolute Gasteiger partial charge is 0.327 e. The van der Waals surface area contributed by atoms with Crippen LogP contribution in [0.25, 0.3) is 0 Å². The van der Waals surface area contributed by atoms with Crippen LogP contribution in [0.5, 0.6) is 0 Å². The highest BCUT2D eigenvalue weighted by molar-refractivity contribution is 9.09. The number of halogens is 1. The number of nitrogens with zero attached hydrogens (tertiary/aromatic N) is 2. The van der Waals surface area contributed by atoms with Gasteiger partial charge >= 0.3 is 0 Å². The lowest BCUT2D eigenvalue weighted by Crippen LogP contribution is -2.44. The first kappa shape index (κ1) is 15.4. The van der Waals surface area contributed by atoms with E-state index < -0.39 is 0 Å². The van der Waals surface area contributed by atoms with Crippen molar-refractivity contribution in [2.75, 3.05) is 53.2 Å². The minimum Gasteiger partial charge on any atom is -0.327 e. The van der Waals surface area contributed by atoms with E-state index in [0.29, 0.717) is 0 Å². The van der Waals surface area contributed by atoms with Gasteiger partial charge in [-0.2, -0.15) is 0 Å². The number of likely N-dealkylation sites (N-methyl/N-ethyl adjacent to an activating group) is 2. The predicted molar refractivity (Wildman–Crippen MR) is 72.7 cm³/mol. The third kappa shape index (κ3) is 10.7. The molecule has 0 bridgehead atoms. The van der Waals surface area contributed by atoms with E-state index >= 15 is 0 Å². The van der Waals surface area contributed by atoms with E-state index in [1.165, 1.54) is 45.3 Å². The van der Waals surface area contributed by atoms with Gasteiger partial charge < -0.3 is 9.38 Å². The molecule has 0 aliphatic carbocycles. The zero-order chi connectivity index (χ0) is 11.7. The van der Waals surface area contributed by atoms with E-state index in [2.05, 4.69) is 49.0 Å². The first-order valence-corrected chi connectivity index (χ1v) is 7.13. The fourth-order valence-corrected chi connectivity index (χ4v) is 1.97. The maximum absolute atomic E-state index is 3.47. The quantitative estimate of drug-likeness (QED) is 0.356. The zero-order valence-corrected chi connectivity index (χ0v) is 12.5. The van der Waals surface area contributed by atoms with Gasteiger partial charge in [-0.25, -0.2) is 0 Å². The standard InChI is InChI=1S/C12H28BrN2/c1-14(2)10-12-15(3,4)11-8-6-5-7-9-13/h5-12H2,1-4H3/q+1. The van der Waals surface area contributed by atoms with E-state index in [-0.39, 0.29) is 0 Å². The van der Waals surface area contributed by atoms with Crippen molar-refractivity contribution >= 4 is 15.9 Å². The summed E-state index contributed by atoms with van der Waals surface area (Å²) in [7, 11) is 8.98. The molecular formula is C12H28BrN2+. The Kier molecular flexibility index (Phi) is 8.77. The monoisotopic (exact) mass is 279 g/mol. The van der Waals surface area contributed by atoms with Gasteiger partial charge in [-0.1, -0.05) is 22.4 Å². The number of unbranched alkanes of at least 4 members (excludes halogenated alkanes) is 3. The summed E-state index contributed by atoms with van der Waals surface area (Å²) in [4.78, 5) is 2.27. The van der Waals surface area contributed by atoms with Crippen LogP contribution in [0.3, 0.4) is 0 Å². The molecule has 0 saturated carbocycles. The summed E-state index contributed by atoms with van der Waals surface area (Å²) in [5.74, 6) is 0. The first-order valence-electron chi connectivity index (χ1n) is 6.00. The van der Waals surface area contributed by atoms with Gasteiger partial charge in [-0.15, -0.1) is 0 Å². The van der Waals surface area contributed by atoms with Gasteiger partial charge in [0.15, 0.2) is 0 Å². The fourth-order valence-electron chi connectivity index (χ4n) is 1.57. The van der Waals surface area contributed by atoms with Gasteiger partial charge in [0.05, 0.1) is 27.2 Å². The van der Waals surface area contributed by atoms with Crippen molar-refractivity contribution in [1.82, 2.24) is 4.90 Å². The first-order chi connectivity index (χ1) is 6.98. The summed E-state index contributed by atoms with van der Waals surface area (Å²) < 4.78 is 1.16. The van der Waals surface area contributed by atoms with E-state index in [1.807, 2.05) is 0 Å². The highest BCUT2D eigenvalue weighted by Crippen LogP contribution is 2.06. The van der Waals surface area contributed by atoms with Crippen LogP contribution >= 0.6 is 15.9 Å². The maximum Gasteiger partial charge on any atom is 0.0911 e. The molecule has 0 aliphatic heterocycles. The SMILES string of the molecule is CN(C)CC[N+](C)(C)CCCCCCBr. The zero-order valence-electron chi connectivity index (χ0n) is 10.9. The van der Waals surface area contributed by atoms with Crippen LogP contribution in [0.2, 0.25) is 0 Å². The molecule has 0 radical (unpaired) electrons. The summed E-state index contributed by atoms with van der Waals surface area (Å²) in [5.41, 5.74) is 0. The summed E-state index contributed by atoms with van der Waals surface area (Å²) in [6, 6.07) is 0.